The summed E-state index contributed by atoms with van der Waals surface area (Å²) < 4.78 is 0. The second kappa shape index (κ2) is 7.22. The molecule has 1 N–H and O–H groups in total. The highest BCUT2D eigenvalue weighted by atomic mass is 17.2. The maximum Gasteiger partial charge on any atom is 0.0954 e. The fourth-order valence-corrected chi connectivity index (χ4v) is 1.15. The lowest BCUT2D eigenvalue weighted by Gasteiger charge is -2.26. The van der Waals surface area contributed by atoms with Crippen molar-refractivity contribution in [3.05, 3.63) is 0 Å². The molecular weight excluding hydrogens is 208 g/mol. The predicted octanol–water partition coefficient (Wildman–Crippen LogP) is 3.42. The molecule has 0 bridgehead atoms. The minimum atomic E-state index is -0.299. The Hall–Kier alpha value is -0.160. The zero-order chi connectivity index (χ0) is 12.8. The average Bonchev–Trinajstić information content (AvgIpc) is 2.14. The Morgan fingerprint density at radius 3 is 2.00 bits per heavy atom. The molecule has 16 heavy (non-hydrogen) atoms. The van der Waals surface area contributed by atoms with Gasteiger partial charge in [0.25, 0.3) is 0 Å². The topological polar surface area (TPSA) is 47.9 Å². The summed E-state index contributed by atoms with van der Waals surface area (Å²) in [6.45, 7) is 11.8. The standard InChI is InChI=1S/C12H26O4/c1-9(2)11(8-7-10(3)14-13)15-16-12(4,5)6/h9-11,13H,7-8H2,1-6H3. The first-order valence-electron chi connectivity index (χ1n) is 5.91. The summed E-state index contributed by atoms with van der Waals surface area (Å²) in [6.07, 6.45) is 1.40. The Morgan fingerprint density at radius 2 is 1.62 bits per heavy atom. The maximum absolute atomic E-state index is 8.47. The molecule has 0 rings (SSSR count). The van der Waals surface area contributed by atoms with Crippen molar-refractivity contribution in [3.63, 3.8) is 0 Å². The van der Waals surface area contributed by atoms with E-state index in [1.165, 1.54) is 0 Å². The van der Waals surface area contributed by atoms with E-state index in [0.29, 0.717) is 5.92 Å². The third-order valence-corrected chi connectivity index (χ3v) is 2.20. The third-order valence-electron chi connectivity index (χ3n) is 2.20. The van der Waals surface area contributed by atoms with Crippen LogP contribution in [0.2, 0.25) is 0 Å². The van der Waals surface area contributed by atoms with Gasteiger partial charge in [-0.2, -0.15) is 0 Å². The van der Waals surface area contributed by atoms with E-state index in [2.05, 4.69) is 18.7 Å². The molecule has 2 atom stereocenters. The summed E-state index contributed by atoms with van der Waals surface area (Å²) in [5.74, 6) is 0.369. The minimum Gasteiger partial charge on any atom is -0.252 e. The van der Waals surface area contributed by atoms with Crippen molar-refractivity contribution >= 4 is 0 Å². The van der Waals surface area contributed by atoms with Crippen LogP contribution in [0.5, 0.6) is 0 Å². The van der Waals surface area contributed by atoms with E-state index in [9.17, 15) is 0 Å². The fraction of sp³-hybridized carbons (Fsp3) is 1.00. The second-order valence-electron chi connectivity index (χ2n) is 5.57. The van der Waals surface area contributed by atoms with E-state index in [0.717, 1.165) is 12.8 Å². The molecular formula is C12H26O4. The van der Waals surface area contributed by atoms with Gasteiger partial charge in [-0.3, -0.25) is 5.26 Å². The molecule has 0 aromatic rings. The molecule has 0 aliphatic heterocycles. The molecule has 98 valence electrons. The molecule has 2 unspecified atom stereocenters. The van der Waals surface area contributed by atoms with Gasteiger partial charge in [0.1, 0.15) is 0 Å². The molecule has 0 amide bonds. The largest absolute Gasteiger partial charge is 0.252 e. The molecule has 0 spiro atoms. The molecule has 0 fully saturated rings. The minimum absolute atomic E-state index is 0.0248. The molecule has 0 aromatic carbocycles. The van der Waals surface area contributed by atoms with Gasteiger partial charge in [0.15, 0.2) is 0 Å². The SMILES string of the molecule is CC(CCC(OOC(C)(C)C)C(C)C)OO. The van der Waals surface area contributed by atoms with Crippen LogP contribution >= 0.6 is 0 Å². The predicted molar refractivity (Wildman–Crippen MR) is 63.0 cm³/mol. The van der Waals surface area contributed by atoms with E-state index in [-0.39, 0.29) is 17.8 Å². The van der Waals surface area contributed by atoms with Gasteiger partial charge in [0.2, 0.25) is 0 Å². The highest BCUT2D eigenvalue weighted by molar-refractivity contribution is 4.64. The molecule has 0 aliphatic carbocycles. The molecule has 0 aromatic heterocycles. The maximum atomic E-state index is 8.47. The zero-order valence-electron chi connectivity index (χ0n) is 11.3. The van der Waals surface area contributed by atoms with Gasteiger partial charge in [-0.25, -0.2) is 14.7 Å². The van der Waals surface area contributed by atoms with Gasteiger partial charge < -0.3 is 0 Å². The molecule has 4 heteroatoms. The molecule has 0 heterocycles. The summed E-state index contributed by atoms with van der Waals surface area (Å²) in [4.78, 5) is 15.0. The van der Waals surface area contributed by atoms with Crippen LogP contribution in [0.15, 0.2) is 0 Å². The highest BCUT2D eigenvalue weighted by Crippen LogP contribution is 2.18. The van der Waals surface area contributed by atoms with E-state index >= 15 is 0 Å². The summed E-state index contributed by atoms with van der Waals surface area (Å²) in [7, 11) is 0. The Balaban J connectivity index is 3.99. The van der Waals surface area contributed by atoms with Gasteiger partial charge in [-0.05, 0) is 46.5 Å². The van der Waals surface area contributed by atoms with Gasteiger partial charge in [-0.15, -0.1) is 0 Å². The average molecular weight is 234 g/mol. The monoisotopic (exact) mass is 234 g/mol. The quantitative estimate of drug-likeness (QED) is 0.541. The van der Waals surface area contributed by atoms with Crippen molar-refractivity contribution in [1.82, 2.24) is 0 Å². The first kappa shape index (κ1) is 15.8. The molecule has 0 saturated carbocycles. The van der Waals surface area contributed by atoms with Crippen molar-refractivity contribution in [2.45, 2.75) is 72.2 Å². The van der Waals surface area contributed by atoms with Gasteiger partial charge >= 0.3 is 0 Å². The van der Waals surface area contributed by atoms with Crippen LogP contribution in [0.3, 0.4) is 0 Å². The van der Waals surface area contributed by atoms with E-state index < -0.39 is 0 Å². The van der Waals surface area contributed by atoms with Crippen LogP contribution < -0.4 is 0 Å². The van der Waals surface area contributed by atoms with Gasteiger partial charge in [-0.1, -0.05) is 13.8 Å². The molecule has 0 radical (unpaired) electrons. The normalized spacial score (nSPS) is 16.5. The van der Waals surface area contributed by atoms with Crippen LogP contribution in [0.4, 0.5) is 0 Å². The first-order valence-corrected chi connectivity index (χ1v) is 5.91. The highest BCUT2D eigenvalue weighted by Gasteiger charge is 2.20. The lowest BCUT2D eigenvalue weighted by Crippen LogP contribution is -2.28. The van der Waals surface area contributed by atoms with Gasteiger partial charge in [0, 0.05) is 0 Å². The Bertz CT molecular complexity index is 174. The lowest BCUT2D eigenvalue weighted by atomic mass is 10.0. The van der Waals surface area contributed by atoms with Crippen LogP contribution in [-0.2, 0) is 14.7 Å². The lowest BCUT2D eigenvalue weighted by molar-refractivity contribution is -0.380. The van der Waals surface area contributed by atoms with Crippen LogP contribution in [0.25, 0.3) is 0 Å². The van der Waals surface area contributed by atoms with E-state index in [4.69, 9.17) is 15.0 Å². The van der Waals surface area contributed by atoms with Crippen molar-refractivity contribution in [2.24, 2.45) is 5.92 Å². The fourth-order valence-electron chi connectivity index (χ4n) is 1.15. The van der Waals surface area contributed by atoms with Crippen LogP contribution in [0.1, 0.15) is 54.4 Å². The Kier molecular flexibility index (Phi) is 7.15. The zero-order valence-corrected chi connectivity index (χ0v) is 11.3. The summed E-state index contributed by atoms with van der Waals surface area (Å²) in [6, 6.07) is 0. The Labute approximate surface area is 98.7 Å². The van der Waals surface area contributed by atoms with Crippen molar-refractivity contribution < 1.29 is 19.9 Å². The first-order chi connectivity index (χ1) is 7.26. The summed E-state index contributed by atoms with van der Waals surface area (Å²) >= 11 is 0. The third kappa shape index (κ3) is 8.05. The number of hydrogen-bond donors (Lipinski definition) is 1. The van der Waals surface area contributed by atoms with Crippen molar-refractivity contribution in [2.75, 3.05) is 0 Å². The van der Waals surface area contributed by atoms with E-state index in [1.807, 2.05) is 27.7 Å². The van der Waals surface area contributed by atoms with Crippen molar-refractivity contribution in [3.8, 4) is 0 Å². The molecule has 0 aliphatic rings. The second-order valence-corrected chi connectivity index (χ2v) is 5.57. The molecule has 0 saturated heterocycles. The van der Waals surface area contributed by atoms with Crippen molar-refractivity contribution in [1.29, 1.82) is 0 Å². The van der Waals surface area contributed by atoms with Crippen LogP contribution in [0, 0.1) is 5.92 Å². The smallest absolute Gasteiger partial charge is 0.0954 e. The summed E-state index contributed by atoms with van der Waals surface area (Å²) in [5.41, 5.74) is -0.299. The Morgan fingerprint density at radius 1 is 1.06 bits per heavy atom. The van der Waals surface area contributed by atoms with E-state index in [1.54, 1.807) is 0 Å². The molecule has 4 nitrogen and oxygen atoms in total. The number of hydrogen-bond acceptors (Lipinski definition) is 4. The van der Waals surface area contributed by atoms with Crippen LogP contribution in [-0.4, -0.2) is 23.1 Å². The number of rotatable bonds is 7. The summed E-state index contributed by atoms with van der Waals surface area (Å²) in [5, 5.41) is 8.47. The van der Waals surface area contributed by atoms with Gasteiger partial charge in [0.05, 0.1) is 17.8 Å².